The predicted octanol–water partition coefficient (Wildman–Crippen LogP) is 12.7. The zero-order valence-electron chi connectivity index (χ0n) is 33.4. The fraction of sp³-hybridized carbons (Fsp3) is 0.977. The summed E-state index contributed by atoms with van der Waals surface area (Å²) in [6.45, 7) is 4.20. The topological polar surface area (TPSA) is 89.8 Å². The third-order valence-corrected chi connectivity index (χ3v) is 10.7. The van der Waals surface area contributed by atoms with Crippen LogP contribution in [0.25, 0.3) is 0 Å². The summed E-state index contributed by atoms with van der Waals surface area (Å²) in [4.78, 5) is 12.4. The number of hydrogen-bond acceptors (Lipinski definition) is 4. The summed E-state index contributed by atoms with van der Waals surface area (Å²) in [5.41, 5.74) is 0. The zero-order valence-corrected chi connectivity index (χ0v) is 33.4. The van der Waals surface area contributed by atoms with Gasteiger partial charge in [0.15, 0.2) is 0 Å². The number of aliphatic hydroxyl groups is 3. The second kappa shape index (κ2) is 40.1. The lowest BCUT2D eigenvalue weighted by atomic mass is 9.99. The summed E-state index contributed by atoms with van der Waals surface area (Å²) >= 11 is 0. The van der Waals surface area contributed by atoms with Crippen LogP contribution in [-0.2, 0) is 4.79 Å². The van der Waals surface area contributed by atoms with Crippen molar-refractivity contribution in [1.29, 1.82) is 0 Å². The maximum Gasteiger partial charge on any atom is 0.220 e. The van der Waals surface area contributed by atoms with Crippen LogP contribution in [0.1, 0.15) is 251 Å². The molecule has 5 nitrogen and oxygen atoms in total. The van der Waals surface area contributed by atoms with E-state index in [1.807, 2.05) is 0 Å². The van der Waals surface area contributed by atoms with Gasteiger partial charge in [-0.1, -0.05) is 232 Å². The fourth-order valence-corrected chi connectivity index (χ4v) is 7.22. The molecule has 294 valence electrons. The molecule has 4 N–H and O–H groups in total. The first-order valence-corrected chi connectivity index (χ1v) is 22.3. The first kappa shape index (κ1) is 48.3. The smallest absolute Gasteiger partial charge is 0.220 e. The Morgan fingerprint density at radius 3 is 0.980 bits per heavy atom. The number of amides is 1. The minimum Gasteiger partial charge on any atom is -0.394 e. The lowest BCUT2D eigenvalue weighted by Crippen LogP contribution is -2.50. The molecule has 0 aromatic rings. The van der Waals surface area contributed by atoms with Crippen LogP contribution in [0.3, 0.4) is 0 Å². The number of aliphatic hydroxyl groups excluding tert-OH is 3. The normalized spacial score (nSPS) is 13.5. The van der Waals surface area contributed by atoms with Crippen molar-refractivity contribution in [2.24, 2.45) is 0 Å². The maximum atomic E-state index is 12.4. The molecule has 0 heterocycles. The number of carbonyl (C=O) groups is 1. The van der Waals surface area contributed by atoms with Crippen molar-refractivity contribution in [3.8, 4) is 0 Å². The Hall–Kier alpha value is -0.650. The molecule has 3 atom stereocenters. The third-order valence-electron chi connectivity index (χ3n) is 10.7. The Balaban J connectivity index is 3.57. The molecular formula is C44H89NO4. The van der Waals surface area contributed by atoms with Crippen molar-refractivity contribution in [3.05, 3.63) is 0 Å². The molecule has 0 rings (SSSR count). The molecule has 0 radical (unpaired) electrons. The van der Waals surface area contributed by atoms with Gasteiger partial charge in [0.2, 0.25) is 5.91 Å². The zero-order chi connectivity index (χ0) is 35.9. The van der Waals surface area contributed by atoms with Crippen molar-refractivity contribution in [2.75, 3.05) is 6.61 Å². The molecule has 0 aromatic carbocycles. The van der Waals surface area contributed by atoms with Gasteiger partial charge in [0, 0.05) is 6.42 Å². The van der Waals surface area contributed by atoms with Gasteiger partial charge in [-0.25, -0.2) is 0 Å². The van der Waals surface area contributed by atoms with Crippen LogP contribution in [0.5, 0.6) is 0 Å². The number of rotatable bonds is 41. The average molecular weight is 696 g/mol. The van der Waals surface area contributed by atoms with E-state index in [0.29, 0.717) is 12.8 Å². The predicted molar refractivity (Wildman–Crippen MR) is 213 cm³/mol. The molecular weight excluding hydrogens is 606 g/mol. The maximum absolute atomic E-state index is 12.4. The van der Waals surface area contributed by atoms with Crippen molar-refractivity contribution < 1.29 is 20.1 Å². The van der Waals surface area contributed by atoms with E-state index in [1.165, 1.54) is 193 Å². The molecule has 5 heteroatoms. The van der Waals surface area contributed by atoms with E-state index in [4.69, 9.17) is 0 Å². The minimum atomic E-state index is -1.13. The Morgan fingerprint density at radius 1 is 0.429 bits per heavy atom. The number of carbonyl (C=O) groups excluding carboxylic acids is 1. The van der Waals surface area contributed by atoms with E-state index in [2.05, 4.69) is 19.2 Å². The van der Waals surface area contributed by atoms with Gasteiger partial charge in [0.05, 0.1) is 18.8 Å². The molecule has 0 saturated carbocycles. The number of hydrogen-bond donors (Lipinski definition) is 4. The van der Waals surface area contributed by atoms with Crippen LogP contribution in [0.15, 0.2) is 0 Å². The van der Waals surface area contributed by atoms with Gasteiger partial charge in [-0.3, -0.25) is 4.79 Å². The number of unbranched alkanes of at least 4 members (excludes halogenated alkanes) is 33. The van der Waals surface area contributed by atoms with Crippen LogP contribution in [0.4, 0.5) is 0 Å². The van der Waals surface area contributed by atoms with Gasteiger partial charge >= 0.3 is 0 Å². The van der Waals surface area contributed by atoms with Crippen LogP contribution < -0.4 is 5.32 Å². The summed E-state index contributed by atoms with van der Waals surface area (Å²) in [6.07, 6.45) is 44.9. The average Bonchev–Trinajstić information content (AvgIpc) is 3.10. The standard InChI is InChI=1S/C44H89NO4/c1-3-5-7-9-11-13-15-17-19-20-21-22-23-25-26-28-30-32-34-36-38-42(47)44(49)41(40-46)45-43(48)39-37-35-33-31-29-27-24-18-16-14-12-10-8-6-4-2/h41-42,44,46-47,49H,3-40H2,1-2H3,(H,45,48). The quantitative estimate of drug-likeness (QED) is 0.0479. The lowest BCUT2D eigenvalue weighted by Gasteiger charge is -2.26. The van der Waals surface area contributed by atoms with Gasteiger partial charge in [-0.2, -0.15) is 0 Å². The lowest BCUT2D eigenvalue weighted by molar-refractivity contribution is -0.124. The van der Waals surface area contributed by atoms with Gasteiger partial charge in [-0.15, -0.1) is 0 Å². The summed E-state index contributed by atoms with van der Waals surface area (Å²) in [6, 6.07) is -0.802. The Bertz CT molecular complexity index is 644. The van der Waals surface area contributed by atoms with Crippen LogP contribution in [-0.4, -0.2) is 46.1 Å². The van der Waals surface area contributed by atoms with Crippen LogP contribution in [0.2, 0.25) is 0 Å². The summed E-state index contributed by atoms with van der Waals surface area (Å²) in [5, 5.41) is 33.6. The van der Waals surface area contributed by atoms with Gasteiger partial charge in [-0.05, 0) is 12.8 Å². The van der Waals surface area contributed by atoms with Crippen LogP contribution in [0, 0.1) is 0 Å². The van der Waals surface area contributed by atoms with E-state index in [9.17, 15) is 20.1 Å². The highest BCUT2D eigenvalue weighted by molar-refractivity contribution is 5.76. The molecule has 0 aliphatic rings. The van der Waals surface area contributed by atoms with Gasteiger partial charge in [0.1, 0.15) is 6.10 Å². The fourth-order valence-electron chi connectivity index (χ4n) is 7.22. The van der Waals surface area contributed by atoms with Crippen molar-refractivity contribution >= 4 is 5.91 Å². The summed E-state index contributed by atoms with van der Waals surface area (Å²) in [5.74, 6) is -0.140. The second-order valence-electron chi connectivity index (χ2n) is 15.6. The Labute approximate surface area is 307 Å². The molecule has 0 spiro atoms. The molecule has 3 unspecified atom stereocenters. The van der Waals surface area contributed by atoms with Crippen molar-refractivity contribution in [3.63, 3.8) is 0 Å². The molecule has 0 bridgehead atoms. The molecule has 49 heavy (non-hydrogen) atoms. The molecule has 0 aromatic heterocycles. The van der Waals surface area contributed by atoms with E-state index in [1.54, 1.807) is 0 Å². The summed E-state index contributed by atoms with van der Waals surface area (Å²) in [7, 11) is 0. The van der Waals surface area contributed by atoms with Crippen LogP contribution >= 0.6 is 0 Å². The first-order valence-electron chi connectivity index (χ1n) is 22.3. The summed E-state index contributed by atoms with van der Waals surface area (Å²) < 4.78 is 0. The van der Waals surface area contributed by atoms with E-state index >= 15 is 0 Å². The highest BCUT2D eigenvalue weighted by Crippen LogP contribution is 2.17. The second-order valence-corrected chi connectivity index (χ2v) is 15.6. The molecule has 1 amide bonds. The molecule has 0 aliphatic heterocycles. The molecule has 0 fully saturated rings. The Kier molecular flexibility index (Phi) is 39.6. The number of nitrogens with one attached hydrogen (secondary N) is 1. The highest BCUT2D eigenvalue weighted by atomic mass is 16.3. The third kappa shape index (κ3) is 35.5. The minimum absolute atomic E-state index is 0.140. The Morgan fingerprint density at radius 2 is 0.694 bits per heavy atom. The first-order chi connectivity index (χ1) is 24.1. The van der Waals surface area contributed by atoms with Crippen molar-refractivity contribution in [1.82, 2.24) is 5.32 Å². The largest absolute Gasteiger partial charge is 0.394 e. The monoisotopic (exact) mass is 696 g/mol. The van der Waals surface area contributed by atoms with E-state index < -0.39 is 18.2 Å². The van der Waals surface area contributed by atoms with E-state index in [0.717, 1.165) is 32.1 Å². The van der Waals surface area contributed by atoms with Crippen molar-refractivity contribution in [2.45, 2.75) is 270 Å². The molecule has 0 aliphatic carbocycles. The van der Waals surface area contributed by atoms with Gasteiger partial charge < -0.3 is 20.6 Å². The van der Waals surface area contributed by atoms with Gasteiger partial charge in [0.25, 0.3) is 0 Å². The highest BCUT2D eigenvalue weighted by Gasteiger charge is 2.26. The van der Waals surface area contributed by atoms with E-state index in [-0.39, 0.29) is 12.5 Å². The molecule has 0 saturated heterocycles. The SMILES string of the molecule is CCCCCCCCCCCCCCCCCCCCCCC(O)C(O)C(CO)NC(=O)CCCCCCCCCCCCCCCCC.